The molecular weight excluding hydrogens is 423 g/mol. The first-order valence-electron chi connectivity index (χ1n) is 11.8. The van der Waals surface area contributed by atoms with Crippen molar-refractivity contribution < 1.29 is 23.8 Å². The van der Waals surface area contributed by atoms with E-state index in [4.69, 9.17) is 9.47 Å². The van der Waals surface area contributed by atoms with Crippen molar-refractivity contribution in [2.45, 2.75) is 31.7 Å². The van der Waals surface area contributed by atoms with Crippen LogP contribution in [0.25, 0.3) is 0 Å². The number of rotatable bonds is 11. The predicted octanol–water partition coefficient (Wildman–Crippen LogP) is 2.96. The summed E-state index contributed by atoms with van der Waals surface area (Å²) in [5.41, 5.74) is 1.58. The maximum atomic E-state index is 13.3. The topological polar surface area (TPSA) is 62.2 Å². The zero-order valence-corrected chi connectivity index (χ0v) is 18.9. The molecule has 2 atom stereocenters. The molecule has 6 nitrogen and oxygen atoms in total. The molecule has 33 heavy (non-hydrogen) atoms. The second-order valence-corrected chi connectivity index (χ2v) is 9.07. The molecule has 0 aromatic heterocycles. The Kier molecular flexibility index (Phi) is 8.45. The van der Waals surface area contributed by atoms with Crippen LogP contribution in [-0.4, -0.2) is 79.0 Å². The highest BCUT2D eigenvalue weighted by molar-refractivity contribution is 5.94. The van der Waals surface area contributed by atoms with Crippen molar-refractivity contribution in [3.05, 3.63) is 71.5 Å². The standard InChI is InChI=1S/C26H33FN2O4/c27-23-10-8-22(9-11-23)26(31)29(14-20-6-7-20)17-25-16-28(12-13-33-25)15-24(30)19-32-18-21-4-2-1-3-5-21/h1-5,8-11,20,24-25,30H,6-7,12-19H2. The summed E-state index contributed by atoms with van der Waals surface area (Å²) < 4.78 is 24.9. The zero-order chi connectivity index (χ0) is 23.0. The van der Waals surface area contributed by atoms with E-state index in [-0.39, 0.29) is 24.4 Å². The molecule has 1 aliphatic heterocycles. The van der Waals surface area contributed by atoms with Crippen molar-refractivity contribution in [1.29, 1.82) is 0 Å². The third-order valence-corrected chi connectivity index (χ3v) is 6.09. The fourth-order valence-corrected chi connectivity index (χ4v) is 4.17. The second kappa shape index (κ2) is 11.7. The van der Waals surface area contributed by atoms with Crippen LogP contribution in [0.1, 0.15) is 28.8 Å². The minimum atomic E-state index is -0.587. The predicted molar refractivity (Wildman–Crippen MR) is 123 cm³/mol. The van der Waals surface area contributed by atoms with Crippen LogP contribution in [0.2, 0.25) is 0 Å². The van der Waals surface area contributed by atoms with E-state index >= 15 is 0 Å². The number of nitrogens with zero attached hydrogens (tertiary/aromatic N) is 2. The minimum absolute atomic E-state index is 0.0861. The number of halogens is 1. The molecule has 2 aromatic rings. The highest BCUT2D eigenvalue weighted by Crippen LogP contribution is 2.30. The van der Waals surface area contributed by atoms with Crippen molar-refractivity contribution in [2.24, 2.45) is 5.92 Å². The molecule has 0 radical (unpaired) electrons. The quantitative estimate of drug-likeness (QED) is 0.563. The third-order valence-electron chi connectivity index (χ3n) is 6.09. The number of hydrogen-bond donors (Lipinski definition) is 1. The number of carbonyl (C=O) groups excluding carboxylic acids is 1. The van der Waals surface area contributed by atoms with Gasteiger partial charge in [-0.3, -0.25) is 9.69 Å². The number of aliphatic hydroxyl groups excluding tert-OH is 1. The fourth-order valence-electron chi connectivity index (χ4n) is 4.17. The van der Waals surface area contributed by atoms with Crippen LogP contribution in [-0.2, 0) is 16.1 Å². The second-order valence-electron chi connectivity index (χ2n) is 9.07. The summed E-state index contributed by atoms with van der Waals surface area (Å²) in [6, 6.07) is 15.6. The van der Waals surface area contributed by atoms with Gasteiger partial charge in [0.1, 0.15) is 5.82 Å². The van der Waals surface area contributed by atoms with Gasteiger partial charge in [-0.05, 0) is 48.6 Å². The molecule has 1 aliphatic carbocycles. The van der Waals surface area contributed by atoms with Gasteiger partial charge in [-0.1, -0.05) is 30.3 Å². The van der Waals surface area contributed by atoms with Crippen molar-refractivity contribution in [2.75, 3.05) is 45.9 Å². The Morgan fingerprint density at radius 1 is 1.15 bits per heavy atom. The lowest BCUT2D eigenvalue weighted by Gasteiger charge is -2.36. The molecule has 1 saturated heterocycles. The molecule has 178 valence electrons. The van der Waals surface area contributed by atoms with E-state index in [0.717, 1.165) is 24.9 Å². The Hall–Kier alpha value is -2.32. The van der Waals surface area contributed by atoms with E-state index in [1.807, 2.05) is 35.2 Å². The smallest absolute Gasteiger partial charge is 0.253 e. The number of amides is 1. The Morgan fingerprint density at radius 3 is 2.64 bits per heavy atom. The van der Waals surface area contributed by atoms with Crippen LogP contribution < -0.4 is 0 Å². The first-order valence-corrected chi connectivity index (χ1v) is 11.8. The van der Waals surface area contributed by atoms with E-state index < -0.39 is 6.10 Å². The summed E-state index contributed by atoms with van der Waals surface area (Å²) >= 11 is 0. The summed E-state index contributed by atoms with van der Waals surface area (Å²) in [5, 5.41) is 10.4. The van der Waals surface area contributed by atoms with Gasteiger partial charge in [-0.15, -0.1) is 0 Å². The number of morpholine rings is 1. The van der Waals surface area contributed by atoms with E-state index in [1.54, 1.807) is 0 Å². The lowest BCUT2D eigenvalue weighted by atomic mass is 10.1. The highest BCUT2D eigenvalue weighted by atomic mass is 19.1. The molecule has 1 amide bonds. The molecule has 2 aliphatic rings. The van der Waals surface area contributed by atoms with Gasteiger partial charge in [0.2, 0.25) is 0 Å². The van der Waals surface area contributed by atoms with Crippen LogP contribution >= 0.6 is 0 Å². The van der Waals surface area contributed by atoms with Gasteiger partial charge >= 0.3 is 0 Å². The molecular formula is C26H33FN2O4. The zero-order valence-electron chi connectivity index (χ0n) is 18.9. The molecule has 7 heteroatoms. The number of β-amino-alcohol motifs (C(OH)–C–C–N with tert-alkyl or cyclic N) is 1. The Morgan fingerprint density at radius 2 is 1.91 bits per heavy atom. The average Bonchev–Trinajstić information content (AvgIpc) is 3.64. The molecule has 0 spiro atoms. The van der Waals surface area contributed by atoms with Crippen LogP contribution in [0.15, 0.2) is 54.6 Å². The first kappa shape index (κ1) is 23.8. The van der Waals surface area contributed by atoms with Crippen LogP contribution in [0.3, 0.4) is 0 Å². The summed E-state index contributed by atoms with van der Waals surface area (Å²) in [5.74, 6) is 0.104. The fraction of sp³-hybridized carbons (Fsp3) is 0.500. The van der Waals surface area contributed by atoms with Crippen molar-refractivity contribution in [3.63, 3.8) is 0 Å². The lowest BCUT2D eigenvalue weighted by molar-refractivity contribution is -0.0599. The van der Waals surface area contributed by atoms with Crippen molar-refractivity contribution >= 4 is 5.91 Å². The molecule has 2 unspecified atom stereocenters. The van der Waals surface area contributed by atoms with Crippen molar-refractivity contribution in [3.8, 4) is 0 Å². The average molecular weight is 457 g/mol. The summed E-state index contributed by atoms with van der Waals surface area (Å²) in [7, 11) is 0. The largest absolute Gasteiger partial charge is 0.389 e. The summed E-state index contributed by atoms with van der Waals surface area (Å²) in [6.07, 6.45) is 1.57. The first-order chi connectivity index (χ1) is 16.1. The van der Waals surface area contributed by atoms with Gasteiger partial charge in [-0.2, -0.15) is 0 Å². The van der Waals surface area contributed by atoms with Crippen LogP contribution in [0.5, 0.6) is 0 Å². The molecule has 2 aromatic carbocycles. The van der Waals surface area contributed by atoms with E-state index in [1.165, 1.54) is 24.3 Å². The van der Waals surface area contributed by atoms with Crippen LogP contribution in [0.4, 0.5) is 4.39 Å². The van der Waals surface area contributed by atoms with E-state index in [9.17, 15) is 14.3 Å². The Labute approximate surface area is 194 Å². The summed E-state index contributed by atoms with van der Waals surface area (Å²) in [6.45, 7) is 4.39. The number of carbonyl (C=O) groups is 1. The number of aliphatic hydroxyl groups is 1. The number of ether oxygens (including phenoxy) is 2. The van der Waals surface area contributed by atoms with Crippen LogP contribution in [0, 0.1) is 11.7 Å². The Balaban J connectivity index is 1.26. The van der Waals surface area contributed by atoms with Crippen molar-refractivity contribution in [1.82, 2.24) is 9.80 Å². The minimum Gasteiger partial charge on any atom is -0.389 e. The molecule has 4 rings (SSSR count). The third kappa shape index (κ3) is 7.61. The van der Waals surface area contributed by atoms with Gasteiger partial charge in [0.25, 0.3) is 5.91 Å². The Bertz CT molecular complexity index is 876. The molecule has 0 bridgehead atoms. The number of hydrogen-bond acceptors (Lipinski definition) is 5. The normalized spacial score (nSPS) is 19.9. The SMILES string of the molecule is O=C(c1ccc(F)cc1)N(CC1CC1)CC1CN(CC(O)COCc2ccccc2)CCO1. The molecule has 1 heterocycles. The maximum Gasteiger partial charge on any atom is 0.253 e. The van der Waals surface area contributed by atoms with Gasteiger partial charge in [0.15, 0.2) is 0 Å². The maximum absolute atomic E-state index is 13.3. The van der Waals surface area contributed by atoms with Gasteiger partial charge in [-0.25, -0.2) is 4.39 Å². The monoisotopic (exact) mass is 456 g/mol. The van der Waals surface area contributed by atoms with Gasteiger partial charge < -0.3 is 19.5 Å². The van der Waals surface area contributed by atoms with Gasteiger partial charge in [0.05, 0.1) is 32.0 Å². The molecule has 2 fully saturated rings. The van der Waals surface area contributed by atoms with Gasteiger partial charge in [0, 0.05) is 38.3 Å². The molecule has 1 saturated carbocycles. The molecule has 1 N–H and O–H groups in total. The lowest BCUT2D eigenvalue weighted by Crippen LogP contribution is -2.51. The number of benzene rings is 2. The summed E-state index contributed by atoms with van der Waals surface area (Å²) in [4.78, 5) is 17.1. The van der Waals surface area contributed by atoms with E-state index in [2.05, 4.69) is 4.90 Å². The highest BCUT2D eigenvalue weighted by Gasteiger charge is 2.31. The van der Waals surface area contributed by atoms with E-state index in [0.29, 0.717) is 50.9 Å².